The van der Waals surface area contributed by atoms with Gasteiger partial charge < -0.3 is 20.1 Å². The van der Waals surface area contributed by atoms with Crippen LogP contribution >= 0.6 is 0 Å². The van der Waals surface area contributed by atoms with E-state index in [4.69, 9.17) is 15.2 Å². The molecule has 0 aromatic heterocycles. The molecule has 0 aliphatic carbocycles. The second kappa shape index (κ2) is 8.27. The van der Waals surface area contributed by atoms with E-state index in [0.29, 0.717) is 36.8 Å². The van der Waals surface area contributed by atoms with Gasteiger partial charge in [0.2, 0.25) is 5.91 Å². The number of hydrogen-bond acceptors (Lipinski definition) is 4. The monoisotopic (exact) mass is 388 g/mol. The molecule has 0 bridgehead atoms. The molecule has 29 heavy (non-hydrogen) atoms. The van der Waals surface area contributed by atoms with E-state index in [1.807, 2.05) is 72.8 Å². The highest BCUT2D eigenvalue weighted by Gasteiger charge is 2.32. The fourth-order valence-electron chi connectivity index (χ4n) is 3.67. The van der Waals surface area contributed by atoms with Crippen LogP contribution in [0.4, 0.5) is 11.4 Å². The topological polar surface area (TPSA) is 64.8 Å². The van der Waals surface area contributed by atoms with Crippen LogP contribution in [0.25, 0.3) is 0 Å². The largest absolute Gasteiger partial charge is 0.493 e. The van der Waals surface area contributed by atoms with Gasteiger partial charge in [0, 0.05) is 30.3 Å². The summed E-state index contributed by atoms with van der Waals surface area (Å²) in [5.74, 6) is 1.56. The van der Waals surface area contributed by atoms with Crippen molar-refractivity contribution in [3.8, 4) is 11.5 Å². The number of nitrogens with zero attached hydrogens (tertiary/aromatic N) is 1. The molecule has 1 aliphatic heterocycles. The fourth-order valence-corrected chi connectivity index (χ4v) is 3.67. The number of nitrogen functional groups attached to an aromatic ring is 1. The van der Waals surface area contributed by atoms with Crippen molar-refractivity contribution in [1.82, 2.24) is 0 Å². The van der Waals surface area contributed by atoms with Crippen molar-refractivity contribution in [2.24, 2.45) is 0 Å². The summed E-state index contributed by atoms with van der Waals surface area (Å²) in [6.45, 7) is 1.08. The van der Waals surface area contributed by atoms with Crippen molar-refractivity contribution in [1.29, 1.82) is 0 Å². The highest BCUT2D eigenvalue weighted by molar-refractivity contribution is 5.96. The van der Waals surface area contributed by atoms with Crippen molar-refractivity contribution >= 4 is 17.3 Å². The molecule has 1 unspecified atom stereocenters. The summed E-state index contributed by atoms with van der Waals surface area (Å²) in [6.07, 6.45) is 0.458. The van der Waals surface area contributed by atoms with Gasteiger partial charge in [-0.2, -0.15) is 0 Å². The van der Waals surface area contributed by atoms with Gasteiger partial charge in [0.05, 0.1) is 7.11 Å². The molecule has 1 heterocycles. The number of benzene rings is 3. The molecule has 3 aromatic carbocycles. The minimum absolute atomic E-state index is 0.0916. The number of methoxy groups -OCH3 is 1. The van der Waals surface area contributed by atoms with Crippen molar-refractivity contribution in [3.63, 3.8) is 0 Å². The van der Waals surface area contributed by atoms with E-state index in [0.717, 1.165) is 16.8 Å². The Bertz CT molecular complexity index is 1000. The van der Waals surface area contributed by atoms with Gasteiger partial charge in [0.15, 0.2) is 11.5 Å². The van der Waals surface area contributed by atoms with Crippen molar-refractivity contribution in [2.75, 3.05) is 24.3 Å². The van der Waals surface area contributed by atoms with E-state index in [2.05, 4.69) is 0 Å². The number of rotatable bonds is 6. The van der Waals surface area contributed by atoms with Crippen LogP contribution in [0, 0.1) is 0 Å². The molecule has 1 aliphatic rings. The molecule has 1 atom stereocenters. The summed E-state index contributed by atoms with van der Waals surface area (Å²) >= 11 is 0. The molecule has 148 valence electrons. The first-order valence-corrected chi connectivity index (χ1v) is 9.64. The second-order valence-electron chi connectivity index (χ2n) is 7.18. The van der Waals surface area contributed by atoms with Crippen LogP contribution in [0.3, 0.4) is 0 Å². The number of anilines is 2. The molecule has 0 radical (unpaired) electrons. The summed E-state index contributed by atoms with van der Waals surface area (Å²) in [6, 6.07) is 23.3. The Hall–Kier alpha value is -3.47. The maximum atomic E-state index is 12.6. The number of carbonyl (C=O) groups excluding carboxylic acids is 1. The van der Waals surface area contributed by atoms with E-state index in [9.17, 15) is 4.79 Å². The fraction of sp³-hybridized carbons (Fsp3) is 0.208. The molecule has 5 nitrogen and oxygen atoms in total. The quantitative estimate of drug-likeness (QED) is 0.637. The third-order valence-electron chi connectivity index (χ3n) is 5.20. The average molecular weight is 388 g/mol. The lowest BCUT2D eigenvalue weighted by Gasteiger charge is -2.18. The van der Waals surface area contributed by atoms with Gasteiger partial charge in [-0.15, -0.1) is 0 Å². The lowest BCUT2D eigenvalue weighted by molar-refractivity contribution is -0.117. The van der Waals surface area contributed by atoms with Gasteiger partial charge in [-0.1, -0.05) is 42.5 Å². The maximum Gasteiger partial charge on any atom is 0.227 e. The van der Waals surface area contributed by atoms with Crippen LogP contribution < -0.4 is 20.1 Å². The molecule has 0 spiro atoms. The Morgan fingerprint density at radius 3 is 2.59 bits per heavy atom. The Balaban J connectivity index is 1.53. The van der Waals surface area contributed by atoms with E-state index < -0.39 is 0 Å². The van der Waals surface area contributed by atoms with Crippen LogP contribution in [0.5, 0.6) is 11.5 Å². The smallest absolute Gasteiger partial charge is 0.227 e. The van der Waals surface area contributed by atoms with Crippen LogP contribution in [-0.4, -0.2) is 19.6 Å². The molecule has 4 rings (SSSR count). The normalized spacial score (nSPS) is 16.1. The van der Waals surface area contributed by atoms with Crippen molar-refractivity contribution in [2.45, 2.75) is 18.9 Å². The first-order chi connectivity index (χ1) is 14.1. The molecular formula is C24H24N2O3. The lowest BCUT2D eigenvalue weighted by atomic mass is 9.98. The van der Waals surface area contributed by atoms with Crippen molar-refractivity contribution in [3.05, 3.63) is 83.9 Å². The van der Waals surface area contributed by atoms with Gasteiger partial charge in [-0.05, 0) is 41.5 Å². The first-order valence-electron chi connectivity index (χ1n) is 9.64. The van der Waals surface area contributed by atoms with Crippen LogP contribution in [0.1, 0.15) is 23.5 Å². The molecular weight excluding hydrogens is 364 g/mol. The zero-order valence-electron chi connectivity index (χ0n) is 16.4. The summed E-state index contributed by atoms with van der Waals surface area (Å²) in [5, 5.41) is 0. The predicted molar refractivity (Wildman–Crippen MR) is 114 cm³/mol. The number of nitrogens with two attached hydrogens (primary N) is 1. The van der Waals surface area contributed by atoms with Crippen LogP contribution in [-0.2, 0) is 11.4 Å². The minimum Gasteiger partial charge on any atom is -0.493 e. The van der Waals surface area contributed by atoms with Crippen molar-refractivity contribution < 1.29 is 14.3 Å². The molecule has 1 amide bonds. The van der Waals surface area contributed by atoms with E-state index in [1.54, 1.807) is 12.0 Å². The van der Waals surface area contributed by atoms with Crippen LogP contribution in [0.15, 0.2) is 72.8 Å². The summed E-state index contributed by atoms with van der Waals surface area (Å²) in [7, 11) is 1.63. The predicted octanol–water partition coefficient (Wildman–Crippen LogP) is 4.38. The van der Waals surface area contributed by atoms with Gasteiger partial charge in [-0.25, -0.2) is 0 Å². The Labute approximate surface area is 170 Å². The van der Waals surface area contributed by atoms with Gasteiger partial charge in [-0.3, -0.25) is 4.79 Å². The molecule has 5 heteroatoms. The van der Waals surface area contributed by atoms with Gasteiger partial charge >= 0.3 is 0 Å². The zero-order valence-corrected chi connectivity index (χ0v) is 16.4. The first kappa shape index (κ1) is 18.9. The molecule has 2 N–H and O–H groups in total. The maximum absolute atomic E-state index is 12.6. The lowest BCUT2D eigenvalue weighted by Crippen LogP contribution is -2.24. The van der Waals surface area contributed by atoms with Gasteiger partial charge in [0.1, 0.15) is 6.61 Å². The highest BCUT2D eigenvalue weighted by Crippen LogP contribution is 2.37. The summed E-state index contributed by atoms with van der Waals surface area (Å²) < 4.78 is 11.5. The second-order valence-corrected chi connectivity index (χ2v) is 7.18. The third kappa shape index (κ3) is 4.19. The minimum atomic E-state index is 0.0916. The number of hydrogen-bond donors (Lipinski definition) is 1. The standard InChI is InChI=1S/C24H24N2O3/c1-28-22-11-10-18(12-23(22)29-16-17-6-3-2-4-7-17)19-13-24(27)26(15-19)21-9-5-8-20(25)14-21/h2-12,14,19H,13,15-16,25H2,1H3. The highest BCUT2D eigenvalue weighted by atomic mass is 16.5. The number of carbonyl (C=O) groups is 1. The molecule has 0 saturated carbocycles. The summed E-state index contributed by atoms with van der Waals surface area (Å²) in [5.41, 5.74) is 9.52. The van der Waals surface area contributed by atoms with Crippen LogP contribution in [0.2, 0.25) is 0 Å². The van der Waals surface area contributed by atoms with E-state index in [1.165, 1.54) is 0 Å². The Morgan fingerprint density at radius 1 is 1.00 bits per heavy atom. The molecule has 3 aromatic rings. The number of amides is 1. The van der Waals surface area contributed by atoms with E-state index >= 15 is 0 Å². The number of ether oxygens (including phenoxy) is 2. The zero-order chi connectivity index (χ0) is 20.2. The SMILES string of the molecule is COc1ccc(C2CC(=O)N(c3cccc(N)c3)C2)cc1OCc1ccccc1. The molecule has 1 fully saturated rings. The average Bonchev–Trinajstić information content (AvgIpc) is 3.14. The summed E-state index contributed by atoms with van der Waals surface area (Å²) in [4.78, 5) is 14.4. The Kier molecular flexibility index (Phi) is 5.38. The van der Waals surface area contributed by atoms with E-state index in [-0.39, 0.29) is 11.8 Å². The Morgan fingerprint density at radius 2 is 1.83 bits per heavy atom. The molecule has 1 saturated heterocycles. The van der Waals surface area contributed by atoms with Gasteiger partial charge in [0.25, 0.3) is 0 Å². The third-order valence-corrected chi connectivity index (χ3v) is 5.20.